The molecule has 0 N–H and O–H groups in total. The van der Waals surface area contributed by atoms with Crippen LogP contribution in [0.25, 0.3) is 0 Å². The highest BCUT2D eigenvalue weighted by molar-refractivity contribution is 6.45. The highest BCUT2D eigenvalue weighted by atomic mass is 16.5. The lowest BCUT2D eigenvalue weighted by molar-refractivity contribution is -0.131. The number of ether oxygens (including phenoxy) is 1. The third-order valence-corrected chi connectivity index (χ3v) is 1.08. The van der Waals surface area contributed by atoms with Crippen LogP contribution < -0.4 is 0 Å². The molecular weight excluding hydrogens is 132 g/mol. The lowest BCUT2D eigenvalue weighted by Crippen LogP contribution is -2.12. The van der Waals surface area contributed by atoms with Crippen LogP contribution in [0.15, 0.2) is 17.9 Å². The Balaban J connectivity index is 2.86. The van der Waals surface area contributed by atoms with Crippen LogP contribution in [-0.2, 0) is 14.3 Å². The fraction of sp³-hybridized carbons (Fsp3) is 0.143. The van der Waals surface area contributed by atoms with E-state index in [4.69, 9.17) is 0 Å². The normalized spacial score (nSPS) is 17.1. The van der Waals surface area contributed by atoms with Crippen LogP contribution in [0.1, 0.15) is 0 Å². The van der Waals surface area contributed by atoms with Gasteiger partial charge in [-0.2, -0.15) is 0 Å². The lowest BCUT2D eigenvalue weighted by atomic mass is 10.1. The van der Waals surface area contributed by atoms with Gasteiger partial charge in [0.2, 0.25) is 11.6 Å². The summed E-state index contributed by atoms with van der Waals surface area (Å²) in [6, 6.07) is 0. The molecule has 51 valence electrons. The molecule has 0 aromatic heterocycles. The molecule has 0 fully saturated rings. The Morgan fingerprint density at radius 1 is 1.50 bits per heavy atom. The smallest absolute Gasteiger partial charge is 0.233 e. The van der Waals surface area contributed by atoms with Gasteiger partial charge in [-0.05, 0) is 6.08 Å². The standard InChI is InChI=1S/C7H5O3/c1-10-5-2-3-6(8)7(9)4-5/h2,4H,1H3. The monoisotopic (exact) mass is 137 g/mol. The zero-order valence-corrected chi connectivity index (χ0v) is 5.38. The lowest BCUT2D eigenvalue weighted by Gasteiger charge is -2.01. The summed E-state index contributed by atoms with van der Waals surface area (Å²) >= 11 is 0. The maximum Gasteiger partial charge on any atom is 0.233 e. The Bertz CT molecular complexity index is 235. The molecule has 1 aliphatic rings. The Morgan fingerprint density at radius 2 is 2.20 bits per heavy atom. The number of ketones is 2. The topological polar surface area (TPSA) is 43.4 Å². The van der Waals surface area contributed by atoms with Crippen LogP contribution in [0, 0.1) is 6.08 Å². The third-order valence-electron chi connectivity index (χ3n) is 1.08. The Labute approximate surface area is 58.0 Å². The summed E-state index contributed by atoms with van der Waals surface area (Å²) in [4.78, 5) is 21.0. The predicted molar refractivity (Wildman–Crippen MR) is 32.9 cm³/mol. The van der Waals surface area contributed by atoms with Gasteiger partial charge >= 0.3 is 0 Å². The van der Waals surface area contributed by atoms with Crippen molar-refractivity contribution >= 4 is 11.6 Å². The first-order valence-corrected chi connectivity index (χ1v) is 2.68. The molecule has 1 rings (SSSR count). The summed E-state index contributed by atoms with van der Waals surface area (Å²) in [5.74, 6) is -0.843. The SMILES string of the molecule is COC1=CC(=O)C(=O)[C]=C1. The van der Waals surface area contributed by atoms with Crippen molar-refractivity contribution in [3.8, 4) is 0 Å². The summed E-state index contributed by atoms with van der Waals surface area (Å²) in [7, 11) is 1.42. The van der Waals surface area contributed by atoms with Crippen molar-refractivity contribution in [1.29, 1.82) is 0 Å². The average molecular weight is 137 g/mol. The number of methoxy groups -OCH3 is 1. The van der Waals surface area contributed by atoms with Crippen LogP contribution in [-0.4, -0.2) is 18.7 Å². The second-order valence-electron chi connectivity index (χ2n) is 1.73. The Hall–Kier alpha value is -1.38. The van der Waals surface area contributed by atoms with Crippen LogP contribution >= 0.6 is 0 Å². The number of allylic oxidation sites excluding steroid dienone is 3. The maximum atomic E-state index is 10.6. The van der Waals surface area contributed by atoms with Gasteiger partial charge in [0.25, 0.3) is 0 Å². The predicted octanol–water partition coefficient (Wildman–Crippen LogP) is 0.0279. The largest absolute Gasteiger partial charge is 0.497 e. The molecule has 10 heavy (non-hydrogen) atoms. The van der Waals surface area contributed by atoms with E-state index in [9.17, 15) is 9.59 Å². The molecule has 0 aromatic rings. The number of Topliss-reactive ketones (excluding diaryl/α,β-unsaturated/α-hetero) is 1. The number of carbonyl (C=O) groups is 2. The summed E-state index contributed by atoms with van der Waals surface area (Å²) in [5, 5.41) is 0. The second kappa shape index (κ2) is 2.47. The molecule has 3 nitrogen and oxygen atoms in total. The van der Waals surface area contributed by atoms with Crippen molar-refractivity contribution in [2.45, 2.75) is 0 Å². The minimum absolute atomic E-state index is 0.365. The highest BCUT2D eigenvalue weighted by Crippen LogP contribution is 2.03. The number of hydrogen-bond donors (Lipinski definition) is 0. The minimum atomic E-state index is -0.624. The number of hydrogen-bond acceptors (Lipinski definition) is 3. The fourth-order valence-corrected chi connectivity index (χ4v) is 0.562. The van der Waals surface area contributed by atoms with Crippen molar-refractivity contribution in [2.75, 3.05) is 7.11 Å². The first kappa shape index (κ1) is 6.74. The summed E-state index contributed by atoms with van der Waals surface area (Å²) in [6.07, 6.45) is 4.70. The number of rotatable bonds is 1. The second-order valence-corrected chi connectivity index (χ2v) is 1.73. The molecule has 0 amide bonds. The molecular formula is C7H5O3. The van der Waals surface area contributed by atoms with Crippen molar-refractivity contribution < 1.29 is 14.3 Å². The zero-order valence-electron chi connectivity index (χ0n) is 5.38. The highest BCUT2D eigenvalue weighted by Gasteiger charge is 2.13. The fourth-order valence-electron chi connectivity index (χ4n) is 0.562. The zero-order chi connectivity index (χ0) is 7.56. The van der Waals surface area contributed by atoms with Gasteiger partial charge in [0, 0.05) is 12.2 Å². The molecule has 0 unspecified atom stereocenters. The average Bonchev–Trinajstić information content (AvgIpc) is 1.95. The van der Waals surface area contributed by atoms with Gasteiger partial charge in [-0.1, -0.05) is 0 Å². The molecule has 0 heterocycles. The number of carbonyl (C=O) groups excluding carboxylic acids is 2. The third kappa shape index (κ3) is 1.13. The van der Waals surface area contributed by atoms with Gasteiger partial charge in [0.15, 0.2) is 0 Å². The Morgan fingerprint density at radius 3 is 2.70 bits per heavy atom. The van der Waals surface area contributed by atoms with E-state index in [-0.39, 0.29) is 0 Å². The van der Waals surface area contributed by atoms with Gasteiger partial charge in [-0.3, -0.25) is 9.59 Å². The quantitative estimate of drug-likeness (QED) is 0.378. The summed E-state index contributed by atoms with van der Waals surface area (Å²) < 4.78 is 4.68. The molecule has 0 bridgehead atoms. The van der Waals surface area contributed by atoms with E-state index in [0.29, 0.717) is 5.76 Å². The minimum Gasteiger partial charge on any atom is -0.497 e. The van der Waals surface area contributed by atoms with Gasteiger partial charge in [-0.15, -0.1) is 0 Å². The summed E-state index contributed by atoms with van der Waals surface area (Å²) in [6.45, 7) is 0. The van der Waals surface area contributed by atoms with Crippen LogP contribution in [0.4, 0.5) is 0 Å². The summed E-state index contributed by atoms with van der Waals surface area (Å²) in [5.41, 5.74) is 0. The molecule has 1 aliphatic carbocycles. The van der Waals surface area contributed by atoms with E-state index in [2.05, 4.69) is 10.8 Å². The van der Waals surface area contributed by atoms with Crippen LogP contribution in [0.2, 0.25) is 0 Å². The molecule has 1 radical (unpaired) electrons. The van der Waals surface area contributed by atoms with E-state index in [0.717, 1.165) is 6.08 Å². The molecule has 0 saturated carbocycles. The van der Waals surface area contributed by atoms with Crippen molar-refractivity contribution in [3.05, 3.63) is 24.0 Å². The molecule has 3 heteroatoms. The van der Waals surface area contributed by atoms with Gasteiger partial charge in [0.05, 0.1) is 7.11 Å². The molecule has 0 saturated heterocycles. The maximum absolute atomic E-state index is 10.6. The molecule has 0 aliphatic heterocycles. The first-order valence-electron chi connectivity index (χ1n) is 2.68. The Kier molecular flexibility index (Phi) is 1.67. The van der Waals surface area contributed by atoms with Gasteiger partial charge in [-0.25, -0.2) is 0 Å². The van der Waals surface area contributed by atoms with Crippen LogP contribution in [0.3, 0.4) is 0 Å². The van der Waals surface area contributed by atoms with E-state index >= 15 is 0 Å². The van der Waals surface area contributed by atoms with E-state index in [1.165, 1.54) is 13.2 Å². The van der Waals surface area contributed by atoms with Gasteiger partial charge in [0.1, 0.15) is 5.76 Å². The van der Waals surface area contributed by atoms with Crippen molar-refractivity contribution in [2.24, 2.45) is 0 Å². The van der Waals surface area contributed by atoms with E-state index in [1.54, 1.807) is 0 Å². The van der Waals surface area contributed by atoms with Crippen molar-refractivity contribution in [1.82, 2.24) is 0 Å². The van der Waals surface area contributed by atoms with E-state index < -0.39 is 11.6 Å². The molecule has 0 aromatic carbocycles. The molecule has 0 spiro atoms. The van der Waals surface area contributed by atoms with E-state index in [1.807, 2.05) is 0 Å². The van der Waals surface area contributed by atoms with Crippen LogP contribution in [0.5, 0.6) is 0 Å². The van der Waals surface area contributed by atoms with Gasteiger partial charge < -0.3 is 4.74 Å². The molecule has 0 atom stereocenters. The first-order chi connectivity index (χ1) is 4.74. The van der Waals surface area contributed by atoms with Crippen molar-refractivity contribution in [3.63, 3.8) is 0 Å².